The van der Waals surface area contributed by atoms with Gasteiger partial charge >= 0.3 is 0 Å². The minimum Gasteiger partial charge on any atom is -0.306 e. The van der Waals surface area contributed by atoms with Crippen LogP contribution < -0.4 is 11.3 Å². The number of carbonyl (C=O) groups excluding carboxylic acids is 1. The largest absolute Gasteiger partial charge is 0.306 e. The lowest BCUT2D eigenvalue weighted by Crippen LogP contribution is -2.42. The third-order valence-corrected chi connectivity index (χ3v) is 3.58. The fourth-order valence-electron chi connectivity index (χ4n) is 2.35. The van der Waals surface area contributed by atoms with Crippen LogP contribution in [0.3, 0.4) is 0 Å². The van der Waals surface area contributed by atoms with Crippen molar-refractivity contribution in [3.05, 3.63) is 0 Å². The maximum atomic E-state index is 10.9. The van der Waals surface area contributed by atoms with Crippen LogP contribution in [0.15, 0.2) is 0 Å². The smallest absolute Gasteiger partial charge is 0.233 e. The molecule has 0 unspecified atom stereocenters. The molecule has 0 aliphatic carbocycles. The molecule has 1 aliphatic rings. The number of unbranched alkanes of at least 4 members (excludes halogenated alkanes) is 1. The highest BCUT2D eigenvalue weighted by Gasteiger charge is 2.19. The van der Waals surface area contributed by atoms with E-state index in [1.54, 1.807) is 0 Å². The number of nitrogens with zero attached hydrogens (tertiary/aromatic N) is 2. The van der Waals surface area contributed by atoms with Crippen LogP contribution in [0.4, 0.5) is 0 Å². The van der Waals surface area contributed by atoms with Crippen LogP contribution in [-0.2, 0) is 4.79 Å². The monoisotopic (exact) mass is 242 g/mol. The van der Waals surface area contributed by atoms with Gasteiger partial charge in [0, 0.05) is 12.5 Å². The van der Waals surface area contributed by atoms with Crippen molar-refractivity contribution in [3.63, 3.8) is 0 Å². The van der Waals surface area contributed by atoms with Crippen LogP contribution in [0, 0.1) is 0 Å². The quantitative estimate of drug-likeness (QED) is 0.302. The van der Waals surface area contributed by atoms with Gasteiger partial charge in [0.25, 0.3) is 0 Å². The first-order valence-corrected chi connectivity index (χ1v) is 6.51. The van der Waals surface area contributed by atoms with Gasteiger partial charge < -0.3 is 9.80 Å². The van der Waals surface area contributed by atoms with Gasteiger partial charge in [-0.1, -0.05) is 0 Å². The lowest BCUT2D eigenvalue weighted by atomic mass is 10.0. The van der Waals surface area contributed by atoms with Gasteiger partial charge in [-0.2, -0.15) is 0 Å². The summed E-state index contributed by atoms with van der Waals surface area (Å²) in [5.41, 5.74) is 2.16. The standard InChI is InChI=1S/C12H26N4O/c1-15(2)11-6-9-16(10-7-11)8-4-3-5-12(17)14-13/h11H,3-10,13H2,1-2H3,(H,14,17). The Morgan fingerprint density at radius 2 is 2.00 bits per heavy atom. The van der Waals surface area contributed by atoms with Crippen molar-refractivity contribution in [2.45, 2.75) is 38.1 Å². The molecule has 0 radical (unpaired) electrons. The molecule has 3 N–H and O–H groups in total. The van der Waals surface area contributed by atoms with Crippen molar-refractivity contribution < 1.29 is 4.79 Å². The molecule has 1 heterocycles. The molecule has 1 aliphatic heterocycles. The minimum atomic E-state index is -0.0590. The lowest BCUT2D eigenvalue weighted by molar-refractivity contribution is -0.121. The number of hydrogen-bond acceptors (Lipinski definition) is 4. The number of carbonyl (C=O) groups is 1. The van der Waals surface area contributed by atoms with Crippen LogP contribution in [-0.4, -0.2) is 55.5 Å². The van der Waals surface area contributed by atoms with Crippen LogP contribution in [0.5, 0.6) is 0 Å². The van der Waals surface area contributed by atoms with Gasteiger partial charge in [-0.25, -0.2) is 5.84 Å². The fourth-order valence-corrected chi connectivity index (χ4v) is 2.35. The van der Waals surface area contributed by atoms with Crippen molar-refractivity contribution in [2.24, 2.45) is 5.84 Å². The van der Waals surface area contributed by atoms with E-state index < -0.39 is 0 Å². The van der Waals surface area contributed by atoms with Gasteiger partial charge in [-0.3, -0.25) is 10.2 Å². The second-order valence-electron chi connectivity index (χ2n) is 5.06. The predicted octanol–water partition coefficient (Wildman–Crippen LogP) is 0.173. The van der Waals surface area contributed by atoms with Crippen LogP contribution in [0.2, 0.25) is 0 Å². The summed E-state index contributed by atoms with van der Waals surface area (Å²) < 4.78 is 0. The normalized spacial score (nSPS) is 18.6. The van der Waals surface area contributed by atoms with Crippen molar-refractivity contribution in [3.8, 4) is 0 Å². The summed E-state index contributed by atoms with van der Waals surface area (Å²) in [6, 6.07) is 0.745. The molecular weight excluding hydrogens is 216 g/mol. The van der Waals surface area contributed by atoms with E-state index in [1.807, 2.05) is 0 Å². The number of likely N-dealkylation sites (tertiary alicyclic amines) is 1. The molecule has 0 saturated carbocycles. The highest BCUT2D eigenvalue weighted by Crippen LogP contribution is 2.14. The SMILES string of the molecule is CN(C)C1CCN(CCCCC(=O)NN)CC1. The van der Waals surface area contributed by atoms with Gasteiger partial charge in [0.15, 0.2) is 0 Å². The number of hydrazine groups is 1. The average molecular weight is 242 g/mol. The Labute approximate surface area is 104 Å². The zero-order valence-electron chi connectivity index (χ0n) is 11.1. The fraction of sp³-hybridized carbons (Fsp3) is 0.917. The Hall–Kier alpha value is -0.650. The maximum absolute atomic E-state index is 10.9. The molecule has 17 heavy (non-hydrogen) atoms. The lowest BCUT2D eigenvalue weighted by Gasteiger charge is -2.35. The third kappa shape index (κ3) is 5.48. The summed E-state index contributed by atoms with van der Waals surface area (Å²) in [5.74, 6) is 4.97. The van der Waals surface area contributed by atoms with Crippen LogP contribution >= 0.6 is 0 Å². The van der Waals surface area contributed by atoms with E-state index in [2.05, 4.69) is 29.3 Å². The molecule has 0 atom stereocenters. The van der Waals surface area contributed by atoms with E-state index in [1.165, 1.54) is 25.9 Å². The highest BCUT2D eigenvalue weighted by atomic mass is 16.2. The van der Waals surface area contributed by atoms with Gasteiger partial charge in [0.2, 0.25) is 5.91 Å². The highest BCUT2D eigenvalue weighted by molar-refractivity contribution is 5.75. The van der Waals surface area contributed by atoms with E-state index in [-0.39, 0.29) is 5.91 Å². The topological polar surface area (TPSA) is 61.6 Å². The first-order valence-electron chi connectivity index (χ1n) is 6.51. The Kier molecular flexibility index (Phi) is 6.47. The molecule has 100 valence electrons. The third-order valence-electron chi connectivity index (χ3n) is 3.58. The second-order valence-corrected chi connectivity index (χ2v) is 5.06. The summed E-state index contributed by atoms with van der Waals surface area (Å²) >= 11 is 0. The van der Waals surface area contributed by atoms with Crippen molar-refractivity contribution in [1.29, 1.82) is 0 Å². The summed E-state index contributed by atoms with van der Waals surface area (Å²) in [7, 11) is 4.32. The zero-order chi connectivity index (χ0) is 12.7. The Morgan fingerprint density at radius 1 is 1.35 bits per heavy atom. The van der Waals surface area contributed by atoms with Gasteiger partial charge in [0.1, 0.15) is 0 Å². The van der Waals surface area contributed by atoms with Gasteiger partial charge in [-0.15, -0.1) is 0 Å². The van der Waals surface area contributed by atoms with E-state index in [0.717, 1.165) is 25.4 Å². The van der Waals surface area contributed by atoms with Gasteiger partial charge in [-0.05, 0) is 59.4 Å². The first kappa shape index (κ1) is 14.4. The van der Waals surface area contributed by atoms with Crippen LogP contribution in [0.1, 0.15) is 32.1 Å². The van der Waals surface area contributed by atoms with Crippen molar-refractivity contribution >= 4 is 5.91 Å². The van der Waals surface area contributed by atoms with Crippen molar-refractivity contribution in [1.82, 2.24) is 15.2 Å². The summed E-state index contributed by atoms with van der Waals surface area (Å²) in [5, 5.41) is 0. The molecule has 0 aromatic heterocycles. The second kappa shape index (κ2) is 7.63. The number of amides is 1. The summed E-state index contributed by atoms with van der Waals surface area (Å²) in [6.45, 7) is 3.48. The molecule has 0 aromatic carbocycles. The molecular formula is C12H26N4O. The first-order chi connectivity index (χ1) is 8.13. The molecule has 5 nitrogen and oxygen atoms in total. The Morgan fingerprint density at radius 3 is 2.53 bits per heavy atom. The van der Waals surface area contributed by atoms with Crippen LogP contribution in [0.25, 0.3) is 0 Å². The summed E-state index contributed by atoms with van der Waals surface area (Å²) in [4.78, 5) is 15.7. The average Bonchev–Trinajstić information content (AvgIpc) is 2.34. The molecule has 1 fully saturated rings. The number of nitrogens with one attached hydrogen (secondary N) is 1. The van der Waals surface area contributed by atoms with E-state index >= 15 is 0 Å². The number of piperidine rings is 1. The number of nitrogens with two attached hydrogens (primary N) is 1. The van der Waals surface area contributed by atoms with E-state index in [4.69, 9.17) is 5.84 Å². The zero-order valence-corrected chi connectivity index (χ0v) is 11.1. The number of rotatable bonds is 6. The molecule has 0 aromatic rings. The molecule has 0 bridgehead atoms. The van der Waals surface area contributed by atoms with Crippen molar-refractivity contribution in [2.75, 3.05) is 33.7 Å². The number of hydrogen-bond donors (Lipinski definition) is 2. The van der Waals surface area contributed by atoms with E-state index in [9.17, 15) is 4.79 Å². The molecule has 0 spiro atoms. The maximum Gasteiger partial charge on any atom is 0.233 e. The molecule has 5 heteroatoms. The minimum absolute atomic E-state index is 0.0590. The van der Waals surface area contributed by atoms with Gasteiger partial charge in [0.05, 0.1) is 0 Å². The Bertz CT molecular complexity index is 225. The Balaban J connectivity index is 2.04. The molecule has 1 amide bonds. The predicted molar refractivity (Wildman–Crippen MR) is 69.3 cm³/mol. The van der Waals surface area contributed by atoms with E-state index in [0.29, 0.717) is 6.42 Å². The summed E-state index contributed by atoms with van der Waals surface area (Å²) in [6.07, 6.45) is 5.08. The molecule has 1 saturated heterocycles. The molecule has 1 rings (SSSR count).